The van der Waals surface area contributed by atoms with E-state index in [9.17, 15) is 9.59 Å². The van der Waals surface area contributed by atoms with Gasteiger partial charge in [-0.25, -0.2) is 0 Å². The highest BCUT2D eigenvalue weighted by Gasteiger charge is 2.37. The Hall–Kier alpha value is -1.75. The number of amides is 2. The number of nitrogen functional groups attached to an aromatic ring is 1. The van der Waals surface area contributed by atoms with Crippen LogP contribution >= 0.6 is 12.4 Å². The Morgan fingerprint density at radius 2 is 2.08 bits per heavy atom. The summed E-state index contributed by atoms with van der Waals surface area (Å²) in [6.07, 6.45) is 5.22. The van der Waals surface area contributed by atoms with Gasteiger partial charge in [0.2, 0.25) is 11.8 Å². The van der Waals surface area contributed by atoms with Gasteiger partial charge in [-0.15, -0.1) is 12.4 Å². The summed E-state index contributed by atoms with van der Waals surface area (Å²) in [5.41, 5.74) is 9.06. The standard InChI is InChI=1S/C20H29N3O2.ClH/c1-3-16(4-2)23-12-14(11-19(23)24)20(25)22-18-7-5-6-13-10-15(21)8-9-17(13)18;/h8-10,14,16,18H,3-7,11-12,21H2,1-2H3,(H,22,25);1H. The zero-order chi connectivity index (χ0) is 18.0. The number of hydrogen-bond acceptors (Lipinski definition) is 3. The highest BCUT2D eigenvalue weighted by Crippen LogP contribution is 2.32. The number of rotatable bonds is 5. The number of nitrogens with zero attached hydrogens (tertiary/aromatic N) is 1. The van der Waals surface area contributed by atoms with Gasteiger partial charge in [0, 0.05) is 24.7 Å². The predicted octanol–water partition coefficient (Wildman–Crippen LogP) is 3.22. The lowest BCUT2D eigenvalue weighted by molar-refractivity contribution is -0.130. The van der Waals surface area contributed by atoms with Gasteiger partial charge in [0.05, 0.1) is 12.0 Å². The third-order valence-electron chi connectivity index (χ3n) is 5.71. The van der Waals surface area contributed by atoms with Gasteiger partial charge in [0.25, 0.3) is 0 Å². The molecule has 0 radical (unpaired) electrons. The van der Waals surface area contributed by atoms with Crippen molar-refractivity contribution in [2.24, 2.45) is 5.92 Å². The minimum absolute atomic E-state index is 0. The van der Waals surface area contributed by atoms with E-state index >= 15 is 0 Å². The van der Waals surface area contributed by atoms with Crippen molar-refractivity contribution in [2.75, 3.05) is 12.3 Å². The van der Waals surface area contributed by atoms with E-state index in [0.29, 0.717) is 13.0 Å². The lowest BCUT2D eigenvalue weighted by Crippen LogP contribution is -2.39. The van der Waals surface area contributed by atoms with Crippen LogP contribution in [-0.4, -0.2) is 29.3 Å². The molecule has 144 valence electrons. The van der Waals surface area contributed by atoms with Crippen LogP contribution in [0.25, 0.3) is 0 Å². The highest BCUT2D eigenvalue weighted by atomic mass is 35.5. The molecule has 3 N–H and O–H groups in total. The van der Waals surface area contributed by atoms with E-state index in [-0.39, 0.29) is 42.2 Å². The first-order valence-electron chi connectivity index (χ1n) is 9.51. The Labute approximate surface area is 162 Å². The van der Waals surface area contributed by atoms with Crippen LogP contribution in [0, 0.1) is 5.92 Å². The monoisotopic (exact) mass is 379 g/mol. The first-order chi connectivity index (χ1) is 12.0. The molecule has 1 aromatic rings. The van der Waals surface area contributed by atoms with E-state index in [4.69, 9.17) is 5.73 Å². The van der Waals surface area contributed by atoms with Gasteiger partial charge < -0.3 is 16.0 Å². The van der Waals surface area contributed by atoms with Gasteiger partial charge >= 0.3 is 0 Å². The number of carbonyl (C=O) groups excluding carboxylic acids is 2. The maximum atomic E-state index is 12.8. The smallest absolute Gasteiger partial charge is 0.225 e. The van der Waals surface area contributed by atoms with Crippen LogP contribution in [0.4, 0.5) is 5.69 Å². The second-order valence-electron chi connectivity index (χ2n) is 7.33. The highest BCUT2D eigenvalue weighted by molar-refractivity contribution is 5.89. The van der Waals surface area contributed by atoms with Crippen LogP contribution in [0.1, 0.15) is 63.1 Å². The quantitative estimate of drug-likeness (QED) is 0.771. The third kappa shape index (κ3) is 4.14. The number of hydrogen-bond donors (Lipinski definition) is 2. The van der Waals surface area contributed by atoms with Crippen molar-refractivity contribution in [1.82, 2.24) is 10.2 Å². The van der Waals surface area contributed by atoms with Crippen molar-refractivity contribution in [1.29, 1.82) is 0 Å². The number of nitrogens with one attached hydrogen (secondary N) is 1. The molecular formula is C20H30ClN3O2. The Bertz CT molecular complexity index is 660. The Morgan fingerprint density at radius 1 is 1.35 bits per heavy atom. The van der Waals surface area contributed by atoms with Crippen LogP contribution in [-0.2, 0) is 16.0 Å². The molecule has 2 aliphatic rings. The molecule has 1 heterocycles. The summed E-state index contributed by atoms with van der Waals surface area (Å²) in [4.78, 5) is 27.0. The van der Waals surface area contributed by atoms with Crippen molar-refractivity contribution in [3.05, 3.63) is 29.3 Å². The summed E-state index contributed by atoms with van der Waals surface area (Å²) in [7, 11) is 0. The van der Waals surface area contributed by atoms with Crippen LogP contribution in [0.15, 0.2) is 18.2 Å². The summed E-state index contributed by atoms with van der Waals surface area (Å²) in [6.45, 7) is 4.75. The first kappa shape index (κ1) is 20.6. The van der Waals surface area contributed by atoms with Crippen molar-refractivity contribution in [3.63, 3.8) is 0 Å². The third-order valence-corrected chi connectivity index (χ3v) is 5.71. The number of fused-ring (bicyclic) bond motifs is 1. The van der Waals surface area contributed by atoms with Crippen molar-refractivity contribution in [3.8, 4) is 0 Å². The Balaban J connectivity index is 0.00000243. The number of halogens is 1. The second-order valence-corrected chi connectivity index (χ2v) is 7.33. The number of anilines is 1. The molecule has 5 nitrogen and oxygen atoms in total. The molecule has 0 spiro atoms. The molecule has 2 atom stereocenters. The van der Waals surface area contributed by atoms with Crippen LogP contribution in [0.3, 0.4) is 0 Å². The fraction of sp³-hybridized carbons (Fsp3) is 0.600. The number of benzene rings is 1. The summed E-state index contributed by atoms with van der Waals surface area (Å²) in [5.74, 6) is -0.102. The minimum atomic E-state index is -0.229. The van der Waals surface area contributed by atoms with E-state index in [2.05, 4.69) is 19.2 Å². The van der Waals surface area contributed by atoms with E-state index in [1.54, 1.807) is 0 Å². The fourth-order valence-corrected chi connectivity index (χ4v) is 4.26. The molecule has 0 aromatic heterocycles. The minimum Gasteiger partial charge on any atom is -0.399 e. The molecule has 6 heteroatoms. The molecule has 1 aromatic carbocycles. The molecule has 2 amide bonds. The number of carbonyl (C=O) groups is 2. The molecule has 1 aliphatic carbocycles. The Morgan fingerprint density at radius 3 is 2.77 bits per heavy atom. The first-order valence-corrected chi connectivity index (χ1v) is 9.51. The molecule has 1 fully saturated rings. The molecule has 1 saturated heterocycles. The largest absolute Gasteiger partial charge is 0.399 e. The van der Waals surface area contributed by atoms with Gasteiger partial charge in [-0.3, -0.25) is 9.59 Å². The normalized spacial score (nSPS) is 22.1. The zero-order valence-corrected chi connectivity index (χ0v) is 16.5. The summed E-state index contributed by atoms with van der Waals surface area (Å²) in [5, 5.41) is 3.19. The summed E-state index contributed by atoms with van der Waals surface area (Å²) in [6, 6.07) is 6.24. The SMILES string of the molecule is CCC(CC)N1CC(C(=O)NC2CCCc3cc(N)ccc32)CC1=O.Cl. The number of likely N-dealkylation sites (tertiary alicyclic amines) is 1. The second kappa shape index (κ2) is 8.76. The Kier molecular flexibility index (Phi) is 6.93. The average Bonchev–Trinajstić information content (AvgIpc) is 2.98. The van der Waals surface area contributed by atoms with Crippen LogP contribution in [0.5, 0.6) is 0 Å². The molecule has 0 saturated carbocycles. The topological polar surface area (TPSA) is 75.4 Å². The average molecular weight is 380 g/mol. The van der Waals surface area contributed by atoms with Gasteiger partial charge in [0.15, 0.2) is 0 Å². The molecule has 3 rings (SSSR count). The molecule has 2 unspecified atom stereocenters. The lowest BCUT2D eigenvalue weighted by atomic mass is 9.87. The molecular weight excluding hydrogens is 350 g/mol. The molecule has 1 aliphatic heterocycles. The van der Waals surface area contributed by atoms with Crippen molar-refractivity contribution < 1.29 is 9.59 Å². The van der Waals surface area contributed by atoms with E-state index < -0.39 is 0 Å². The maximum Gasteiger partial charge on any atom is 0.225 e. The van der Waals surface area contributed by atoms with Gasteiger partial charge in [-0.1, -0.05) is 19.9 Å². The molecule has 0 bridgehead atoms. The zero-order valence-electron chi connectivity index (χ0n) is 15.7. The van der Waals surface area contributed by atoms with Crippen molar-refractivity contribution in [2.45, 2.75) is 64.5 Å². The van der Waals surface area contributed by atoms with Gasteiger partial charge in [0.1, 0.15) is 0 Å². The van der Waals surface area contributed by atoms with Gasteiger partial charge in [-0.2, -0.15) is 0 Å². The summed E-state index contributed by atoms with van der Waals surface area (Å²) < 4.78 is 0. The lowest BCUT2D eigenvalue weighted by Gasteiger charge is -2.28. The summed E-state index contributed by atoms with van der Waals surface area (Å²) >= 11 is 0. The van der Waals surface area contributed by atoms with Crippen LogP contribution < -0.4 is 11.1 Å². The van der Waals surface area contributed by atoms with Gasteiger partial charge in [-0.05, 0) is 55.4 Å². The van der Waals surface area contributed by atoms with E-state index in [1.807, 2.05) is 23.1 Å². The predicted molar refractivity (Wildman–Crippen MR) is 106 cm³/mol. The number of aryl methyl sites for hydroxylation is 1. The number of nitrogens with two attached hydrogens (primary N) is 1. The molecule has 26 heavy (non-hydrogen) atoms. The van der Waals surface area contributed by atoms with E-state index in [0.717, 1.165) is 37.8 Å². The van der Waals surface area contributed by atoms with Crippen LogP contribution in [0.2, 0.25) is 0 Å². The fourth-order valence-electron chi connectivity index (χ4n) is 4.26. The van der Waals surface area contributed by atoms with Crippen molar-refractivity contribution >= 4 is 29.9 Å². The maximum absolute atomic E-state index is 12.8. The van der Waals surface area contributed by atoms with E-state index in [1.165, 1.54) is 11.1 Å².